The molecule has 2 rings (SSSR count). The highest BCUT2D eigenvalue weighted by atomic mass is 16.5. The minimum absolute atomic E-state index is 0.0855. The Morgan fingerprint density at radius 3 is 1.50 bits per heavy atom. The second kappa shape index (κ2) is 8.60. The third kappa shape index (κ3) is 3.74. The number of hydrogen-bond donors (Lipinski definition) is 0. The van der Waals surface area contributed by atoms with Crippen LogP contribution in [-0.2, 0) is 28.7 Å². The van der Waals surface area contributed by atoms with E-state index in [1.807, 2.05) is 0 Å². The van der Waals surface area contributed by atoms with Gasteiger partial charge in [0.05, 0.1) is 13.2 Å². The molecule has 6 nitrogen and oxygen atoms in total. The van der Waals surface area contributed by atoms with Crippen molar-refractivity contribution in [2.24, 2.45) is 10.8 Å². The minimum Gasteiger partial charge on any atom is -0.465 e. The van der Waals surface area contributed by atoms with Crippen LogP contribution in [0.5, 0.6) is 0 Å². The van der Waals surface area contributed by atoms with Crippen LogP contribution >= 0.6 is 0 Å². The number of hydrogen-bond acceptors (Lipinski definition) is 6. The molecular weight excluding hydrogens is 336 g/mol. The Hall–Kier alpha value is -1.98. The maximum atomic E-state index is 12.3. The first-order valence-corrected chi connectivity index (χ1v) is 9.49. The molecule has 2 saturated carbocycles. The molecule has 2 atom stereocenters. The van der Waals surface area contributed by atoms with Crippen LogP contribution in [0.15, 0.2) is 12.2 Å². The summed E-state index contributed by atoms with van der Waals surface area (Å²) in [6, 6.07) is 0. The van der Waals surface area contributed by atoms with E-state index in [4.69, 9.17) is 9.47 Å². The topological polar surface area (TPSA) is 86.7 Å². The molecule has 2 unspecified atom stereocenters. The van der Waals surface area contributed by atoms with Gasteiger partial charge < -0.3 is 9.47 Å². The summed E-state index contributed by atoms with van der Waals surface area (Å²) in [5.41, 5.74) is -2.22. The van der Waals surface area contributed by atoms with E-state index in [9.17, 15) is 19.2 Å². The maximum Gasteiger partial charge on any atom is 0.319 e. The van der Waals surface area contributed by atoms with E-state index in [0.717, 1.165) is 0 Å². The van der Waals surface area contributed by atoms with E-state index in [-0.39, 0.29) is 37.6 Å². The highest BCUT2D eigenvalue weighted by molar-refractivity contribution is 6.06. The van der Waals surface area contributed by atoms with Crippen molar-refractivity contribution in [1.29, 1.82) is 0 Å². The third-order valence-electron chi connectivity index (χ3n) is 5.51. The van der Waals surface area contributed by atoms with Gasteiger partial charge in [-0.05, 0) is 52.4 Å². The van der Waals surface area contributed by atoms with Crippen molar-refractivity contribution in [2.75, 3.05) is 13.2 Å². The van der Waals surface area contributed by atoms with Crippen molar-refractivity contribution in [3.8, 4) is 0 Å². The molecule has 0 radical (unpaired) electrons. The molecule has 0 saturated heterocycles. The zero-order valence-corrected chi connectivity index (χ0v) is 15.7. The summed E-state index contributed by atoms with van der Waals surface area (Å²) in [4.78, 5) is 49.3. The van der Waals surface area contributed by atoms with Crippen LogP contribution in [0.1, 0.15) is 65.2 Å². The lowest BCUT2D eigenvalue weighted by Gasteiger charge is -2.25. The molecule has 0 bridgehead atoms. The smallest absolute Gasteiger partial charge is 0.319 e. The molecule has 0 amide bonds. The van der Waals surface area contributed by atoms with Crippen LogP contribution in [0.2, 0.25) is 0 Å². The fourth-order valence-electron chi connectivity index (χ4n) is 4.00. The van der Waals surface area contributed by atoms with Crippen molar-refractivity contribution >= 4 is 23.5 Å². The Labute approximate surface area is 154 Å². The Balaban J connectivity index is 2.10. The molecule has 6 heteroatoms. The van der Waals surface area contributed by atoms with E-state index in [2.05, 4.69) is 0 Å². The molecular formula is C20H28O6. The predicted molar refractivity (Wildman–Crippen MR) is 94.2 cm³/mol. The van der Waals surface area contributed by atoms with Crippen LogP contribution in [0.3, 0.4) is 0 Å². The van der Waals surface area contributed by atoms with Crippen molar-refractivity contribution < 1.29 is 28.7 Å². The standard InChI is InChI=1S/C20H28O6/c1-3-25-17(23)19(13-7-9-15(19)21)11-5-6-12-20(18(24)26-4-2)14-8-10-16(20)22/h5-6H,3-4,7-14H2,1-2H3/b6-5+. The zero-order valence-electron chi connectivity index (χ0n) is 15.7. The van der Waals surface area contributed by atoms with Gasteiger partial charge in [-0.1, -0.05) is 12.2 Å². The molecule has 0 aromatic heterocycles. The van der Waals surface area contributed by atoms with Crippen LogP contribution < -0.4 is 0 Å². The molecule has 2 aliphatic carbocycles. The van der Waals surface area contributed by atoms with Crippen LogP contribution in [-0.4, -0.2) is 36.7 Å². The summed E-state index contributed by atoms with van der Waals surface area (Å²) in [6.07, 6.45) is 7.08. The Morgan fingerprint density at radius 1 is 0.846 bits per heavy atom. The molecule has 0 aliphatic heterocycles. The first-order chi connectivity index (χ1) is 12.4. The normalized spacial score (nSPS) is 28.7. The summed E-state index contributed by atoms with van der Waals surface area (Å²) in [7, 11) is 0. The van der Waals surface area contributed by atoms with Gasteiger partial charge in [0.15, 0.2) is 11.6 Å². The zero-order chi connectivity index (χ0) is 19.2. The monoisotopic (exact) mass is 364 g/mol. The Bertz CT molecular complexity index is 555. The average molecular weight is 364 g/mol. The quantitative estimate of drug-likeness (QED) is 0.374. The SMILES string of the molecule is CCOC(=O)C1(C/C=C/CC2(C(=O)OCC)CCCC2=O)CCCC1=O. The summed E-state index contributed by atoms with van der Waals surface area (Å²) in [5, 5.41) is 0. The van der Waals surface area contributed by atoms with Gasteiger partial charge in [0, 0.05) is 12.8 Å². The molecule has 0 aromatic carbocycles. The number of ketones is 2. The van der Waals surface area contributed by atoms with Gasteiger partial charge in [0.25, 0.3) is 0 Å². The van der Waals surface area contributed by atoms with Gasteiger partial charge in [0.1, 0.15) is 10.8 Å². The van der Waals surface area contributed by atoms with Crippen LogP contribution in [0.25, 0.3) is 0 Å². The number of rotatable bonds is 8. The number of carbonyl (C=O) groups excluding carboxylic acids is 4. The number of Topliss-reactive ketones (excluding diaryl/α,β-unsaturated/α-hetero) is 2. The van der Waals surface area contributed by atoms with Crippen molar-refractivity contribution in [1.82, 2.24) is 0 Å². The van der Waals surface area contributed by atoms with E-state index < -0.39 is 22.8 Å². The molecule has 0 aromatic rings. The lowest BCUT2D eigenvalue weighted by Crippen LogP contribution is -2.37. The molecule has 144 valence electrons. The number of carbonyl (C=O) groups is 4. The second-order valence-corrected chi connectivity index (χ2v) is 7.04. The van der Waals surface area contributed by atoms with E-state index in [1.54, 1.807) is 26.0 Å². The third-order valence-corrected chi connectivity index (χ3v) is 5.51. The van der Waals surface area contributed by atoms with Gasteiger partial charge in [0.2, 0.25) is 0 Å². The van der Waals surface area contributed by atoms with Gasteiger partial charge in [-0.25, -0.2) is 0 Å². The molecule has 0 N–H and O–H groups in total. The van der Waals surface area contributed by atoms with E-state index in [1.165, 1.54) is 0 Å². The van der Waals surface area contributed by atoms with Crippen LogP contribution in [0, 0.1) is 10.8 Å². The number of allylic oxidation sites excluding steroid dienone is 2. The molecule has 2 aliphatic rings. The molecule has 0 spiro atoms. The fraction of sp³-hybridized carbons (Fsp3) is 0.700. The summed E-state index contributed by atoms with van der Waals surface area (Å²) in [5.74, 6) is -1.11. The van der Waals surface area contributed by atoms with Gasteiger partial charge in [-0.15, -0.1) is 0 Å². The largest absolute Gasteiger partial charge is 0.465 e. The number of ether oxygens (including phenoxy) is 2. The van der Waals surface area contributed by atoms with Crippen molar-refractivity contribution in [3.63, 3.8) is 0 Å². The van der Waals surface area contributed by atoms with E-state index in [0.29, 0.717) is 38.5 Å². The minimum atomic E-state index is -1.11. The fourth-order valence-corrected chi connectivity index (χ4v) is 4.00. The molecule has 26 heavy (non-hydrogen) atoms. The highest BCUT2D eigenvalue weighted by Gasteiger charge is 2.50. The lowest BCUT2D eigenvalue weighted by atomic mass is 9.79. The maximum absolute atomic E-state index is 12.3. The van der Waals surface area contributed by atoms with Crippen LogP contribution in [0.4, 0.5) is 0 Å². The summed E-state index contributed by atoms with van der Waals surface area (Å²) >= 11 is 0. The highest BCUT2D eigenvalue weighted by Crippen LogP contribution is 2.42. The predicted octanol–water partition coefficient (Wildman–Crippen LogP) is 2.93. The second-order valence-electron chi connectivity index (χ2n) is 7.04. The average Bonchev–Trinajstić information content (AvgIpc) is 3.17. The molecule has 0 heterocycles. The first-order valence-electron chi connectivity index (χ1n) is 9.49. The van der Waals surface area contributed by atoms with Crippen molar-refractivity contribution in [2.45, 2.75) is 65.2 Å². The van der Waals surface area contributed by atoms with Gasteiger partial charge in [-0.2, -0.15) is 0 Å². The van der Waals surface area contributed by atoms with Gasteiger partial charge in [-0.3, -0.25) is 19.2 Å². The van der Waals surface area contributed by atoms with E-state index >= 15 is 0 Å². The lowest BCUT2D eigenvalue weighted by molar-refractivity contribution is -0.160. The summed E-state index contributed by atoms with van der Waals surface area (Å²) in [6.45, 7) is 3.90. The molecule has 2 fully saturated rings. The summed E-state index contributed by atoms with van der Waals surface area (Å²) < 4.78 is 10.2. The van der Waals surface area contributed by atoms with Crippen molar-refractivity contribution in [3.05, 3.63) is 12.2 Å². The first kappa shape index (κ1) is 20.3. The number of esters is 2. The van der Waals surface area contributed by atoms with Gasteiger partial charge >= 0.3 is 11.9 Å². The Morgan fingerprint density at radius 2 is 1.23 bits per heavy atom. The Kier molecular flexibility index (Phi) is 6.73.